The third kappa shape index (κ3) is 5.05. The number of thioether (sulfide) groups is 2. The maximum absolute atomic E-state index is 14.0. The topological polar surface area (TPSA) is 12.0 Å². The molecule has 0 bridgehead atoms. The molecular weight excluding hydrogens is 325 g/mol. The van der Waals surface area contributed by atoms with Gasteiger partial charge in [0, 0.05) is 33.1 Å². The molecule has 3 unspecified atom stereocenters. The van der Waals surface area contributed by atoms with Gasteiger partial charge in [0.2, 0.25) is 0 Å². The summed E-state index contributed by atoms with van der Waals surface area (Å²) in [5.41, 5.74) is 0.722. The Morgan fingerprint density at radius 3 is 2.86 bits per heavy atom. The van der Waals surface area contributed by atoms with Gasteiger partial charge in [-0.3, -0.25) is 0 Å². The molecule has 3 atom stereocenters. The minimum absolute atomic E-state index is 0.149. The SMILES string of the molecule is CCCNC(Cc1cc(Cl)ccc1F)C1SCCSC1C. The molecule has 5 heteroatoms. The quantitative estimate of drug-likeness (QED) is 0.806. The second-order valence-corrected chi connectivity index (χ2v) is 8.62. The van der Waals surface area contributed by atoms with Crippen LogP contribution in [-0.4, -0.2) is 34.6 Å². The van der Waals surface area contributed by atoms with E-state index in [1.807, 2.05) is 23.5 Å². The van der Waals surface area contributed by atoms with Crippen molar-refractivity contribution < 1.29 is 4.39 Å². The largest absolute Gasteiger partial charge is 0.313 e. The smallest absolute Gasteiger partial charge is 0.126 e. The fourth-order valence-electron chi connectivity index (χ4n) is 2.66. The molecule has 1 aliphatic heterocycles. The van der Waals surface area contributed by atoms with Crippen molar-refractivity contribution in [2.75, 3.05) is 18.1 Å². The summed E-state index contributed by atoms with van der Waals surface area (Å²) in [4.78, 5) is 0. The molecule has 1 nitrogen and oxygen atoms in total. The lowest BCUT2D eigenvalue weighted by atomic mass is 10.0. The van der Waals surface area contributed by atoms with E-state index in [4.69, 9.17) is 11.6 Å². The van der Waals surface area contributed by atoms with Crippen molar-refractivity contribution in [3.8, 4) is 0 Å². The number of halogens is 2. The lowest BCUT2D eigenvalue weighted by molar-refractivity contribution is 0.476. The van der Waals surface area contributed by atoms with E-state index in [0.29, 0.717) is 28.0 Å². The number of rotatable bonds is 6. The summed E-state index contributed by atoms with van der Waals surface area (Å²) in [6, 6.07) is 5.15. The van der Waals surface area contributed by atoms with E-state index in [0.717, 1.165) is 18.5 Å². The van der Waals surface area contributed by atoms with Gasteiger partial charge in [0.05, 0.1) is 0 Å². The molecular formula is C16H23ClFNS2. The molecule has 1 aromatic rings. The Bertz CT molecular complexity index is 458. The monoisotopic (exact) mass is 347 g/mol. The molecule has 0 aliphatic carbocycles. The van der Waals surface area contributed by atoms with Gasteiger partial charge in [0.1, 0.15) is 5.82 Å². The van der Waals surface area contributed by atoms with Crippen molar-refractivity contribution in [3.05, 3.63) is 34.6 Å². The predicted octanol–water partition coefficient (Wildman–Crippen LogP) is 4.63. The maximum atomic E-state index is 14.0. The molecule has 0 radical (unpaired) electrons. The summed E-state index contributed by atoms with van der Waals surface area (Å²) < 4.78 is 14.0. The van der Waals surface area contributed by atoms with Crippen LogP contribution < -0.4 is 5.32 Å². The first-order valence-corrected chi connectivity index (χ1v) is 10.00. The summed E-state index contributed by atoms with van der Waals surface area (Å²) in [5, 5.41) is 5.35. The van der Waals surface area contributed by atoms with Crippen molar-refractivity contribution in [2.24, 2.45) is 0 Å². The number of benzene rings is 1. The van der Waals surface area contributed by atoms with Gasteiger partial charge in [0.15, 0.2) is 0 Å². The average molecular weight is 348 g/mol. The van der Waals surface area contributed by atoms with Crippen LogP contribution >= 0.6 is 35.1 Å². The van der Waals surface area contributed by atoms with Gasteiger partial charge in [0.25, 0.3) is 0 Å². The highest BCUT2D eigenvalue weighted by atomic mass is 35.5. The lowest BCUT2D eigenvalue weighted by Crippen LogP contribution is -2.46. The number of nitrogens with one attached hydrogen (secondary N) is 1. The van der Waals surface area contributed by atoms with Gasteiger partial charge in [-0.2, -0.15) is 23.5 Å². The summed E-state index contributed by atoms with van der Waals surface area (Å²) in [6.45, 7) is 5.42. The first kappa shape index (κ1) is 17.5. The van der Waals surface area contributed by atoms with Gasteiger partial charge in [-0.25, -0.2) is 4.39 Å². The Labute approximate surface area is 140 Å². The van der Waals surface area contributed by atoms with Crippen molar-refractivity contribution in [1.29, 1.82) is 0 Å². The Hall–Kier alpha value is 0.1000. The highest BCUT2D eigenvalue weighted by Crippen LogP contribution is 2.34. The fourth-order valence-corrected chi connectivity index (χ4v) is 5.82. The van der Waals surface area contributed by atoms with Gasteiger partial charge in [-0.15, -0.1) is 0 Å². The molecule has 1 N–H and O–H groups in total. The van der Waals surface area contributed by atoms with E-state index in [9.17, 15) is 4.39 Å². The standard InChI is InChI=1S/C16H23ClFNS2/c1-3-6-19-15(16-11(2)20-7-8-21-16)10-12-9-13(17)4-5-14(12)18/h4-5,9,11,15-16,19H,3,6-8,10H2,1-2H3. The Morgan fingerprint density at radius 1 is 1.38 bits per heavy atom. The van der Waals surface area contributed by atoms with E-state index in [-0.39, 0.29) is 5.82 Å². The third-order valence-corrected chi connectivity index (χ3v) is 7.22. The van der Waals surface area contributed by atoms with E-state index in [1.54, 1.807) is 12.1 Å². The second kappa shape index (κ2) is 8.66. The van der Waals surface area contributed by atoms with Crippen LogP contribution in [0, 0.1) is 5.82 Å². The van der Waals surface area contributed by atoms with Crippen LogP contribution in [0.1, 0.15) is 25.8 Å². The second-order valence-electron chi connectivity index (χ2n) is 5.41. The first-order valence-electron chi connectivity index (χ1n) is 7.52. The van der Waals surface area contributed by atoms with E-state index in [1.165, 1.54) is 17.6 Å². The zero-order chi connectivity index (χ0) is 15.2. The number of hydrogen-bond acceptors (Lipinski definition) is 3. The Morgan fingerprint density at radius 2 is 2.14 bits per heavy atom. The van der Waals surface area contributed by atoms with Gasteiger partial charge in [-0.1, -0.05) is 25.4 Å². The zero-order valence-electron chi connectivity index (χ0n) is 12.6. The van der Waals surface area contributed by atoms with Crippen LogP contribution in [0.2, 0.25) is 5.02 Å². The first-order chi connectivity index (χ1) is 10.1. The lowest BCUT2D eigenvalue weighted by Gasteiger charge is -2.35. The van der Waals surface area contributed by atoms with Crippen molar-refractivity contribution in [3.63, 3.8) is 0 Å². The highest BCUT2D eigenvalue weighted by molar-refractivity contribution is 8.07. The van der Waals surface area contributed by atoms with Gasteiger partial charge < -0.3 is 5.32 Å². The van der Waals surface area contributed by atoms with Gasteiger partial charge in [-0.05, 0) is 43.1 Å². The maximum Gasteiger partial charge on any atom is 0.126 e. The van der Waals surface area contributed by atoms with E-state index < -0.39 is 0 Å². The summed E-state index contributed by atoms with van der Waals surface area (Å²) in [5.74, 6) is 2.25. The van der Waals surface area contributed by atoms with Crippen LogP contribution in [0.25, 0.3) is 0 Å². The summed E-state index contributed by atoms with van der Waals surface area (Å²) >= 11 is 10.1. The van der Waals surface area contributed by atoms with Gasteiger partial charge >= 0.3 is 0 Å². The minimum Gasteiger partial charge on any atom is -0.313 e. The molecule has 0 saturated carbocycles. The minimum atomic E-state index is -0.149. The van der Waals surface area contributed by atoms with Crippen LogP contribution in [0.5, 0.6) is 0 Å². The zero-order valence-corrected chi connectivity index (χ0v) is 15.0. The van der Waals surface area contributed by atoms with E-state index >= 15 is 0 Å². The predicted molar refractivity (Wildman–Crippen MR) is 95.4 cm³/mol. The molecule has 0 spiro atoms. The molecule has 0 aromatic heterocycles. The van der Waals surface area contributed by atoms with Crippen LogP contribution in [0.15, 0.2) is 18.2 Å². The molecule has 21 heavy (non-hydrogen) atoms. The Kier molecular flexibility index (Phi) is 7.20. The summed E-state index contributed by atoms with van der Waals surface area (Å²) in [6.07, 6.45) is 1.79. The van der Waals surface area contributed by atoms with Crippen molar-refractivity contribution in [2.45, 2.75) is 43.2 Å². The molecule has 1 fully saturated rings. The molecule has 1 saturated heterocycles. The molecule has 118 valence electrons. The fraction of sp³-hybridized carbons (Fsp3) is 0.625. The highest BCUT2D eigenvalue weighted by Gasteiger charge is 2.30. The molecule has 1 heterocycles. The van der Waals surface area contributed by atoms with Crippen LogP contribution in [0.4, 0.5) is 4.39 Å². The molecule has 0 amide bonds. The van der Waals surface area contributed by atoms with Crippen LogP contribution in [0.3, 0.4) is 0 Å². The average Bonchev–Trinajstić information content (AvgIpc) is 2.48. The van der Waals surface area contributed by atoms with Crippen LogP contribution in [-0.2, 0) is 6.42 Å². The molecule has 2 rings (SSSR count). The molecule has 1 aliphatic rings. The summed E-state index contributed by atoms with van der Waals surface area (Å²) in [7, 11) is 0. The Balaban J connectivity index is 2.13. The normalized spacial score (nSPS) is 24.0. The third-order valence-electron chi connectivity index (χ3n) is 3.74. The van der Waals surface area contributed by atoms with Crippen molar-refractivity contribution >= 4 is 35.1 Å². The number of hydrogen-bond donors (Lipinski definition) is 1. The van der Waals surface area contributed by atoms with Crippen molar-refractivity contribution in [1.82, 2.24) is 5.32 Å². The van der Waals surface area contributed by atoms with E-state index in [2.05, 4.69) is 19.2 Å². The molecule has 1 aromatic carbocycles.